The van der Waals surface area contributed by atoms with Crippen molar-refractivity contribution < 1.29 is 4.74 Å². The highest BCUT2D eigenvalue weighted by Gasteiger charge is 2.14. The minimum atomic E-state index is 0.538. The Morgan fingerprint density at radius 3 is 2.62 bits per heavy atom. The summed E-state index contributed by atoms with van der Waals surface area (Å²) in [6.07, 6.45) is 2.11. The van der Waals surface area contributed by atoms with Crippen molar-refractivity contribution in [3.05, 3.63) is 29.8 Å². The molecule has 0 saturated carbocycles. The van der Waals surface area contributed by atoms with Crippen LogP contribution >= 0.6 is 11.8 Å². The predicted octanol–water partition coefficient (Wildman–Crippen LogP) is 2.77. The van der Waals surface area contributed by atoms with E-state index in [9.17, 15) is 0 Å². The molecule has 1 heterocycles. The Morgan fingerprint density at radius 2 is 2.00 bits per heavy atom. The Balaban J connectivity index is 1.88. The summed E-state index contributed by atoms with van der Waals surface area (Å²) in [7, 11) is 2.11. The lowest BCUT2D eigenvalue weighted by atomic mass is 10.1. The van der Waals surface area contributed by atoms with Crippen LogP contribution in [0.25, 0.3) is 0 Å². The van der Waals surface area contributed by atoms with E-state index in [4.69, 9.17) is 9.73 Å². The Hall–Kier alpha value is -1.24. The summed E-state index contributed by atoms with van der Waals surface area (Å²) in [6.45, 7) is 11.9. The first-order valence-electron chi connectivity index (χ1n) is 9.54. The number of morpholine rings is 1. The zero-order chi connectivity index (χ0) is 18.8. The zero-order valence-corrected chi connectivity index (χ0v) is 17.5. The normalized spacial score (nSPS) is 17.2. The molecule has 1 fully saturated rings. The Kier molecular flexibility index (Phi) is 9.29. The van der Waals surface area contributed by atoms with E-state index < -0.39 is 0 Å². The van der Waals surface area contributed by atoms with Gasteiger partial charge in [0.05, 0.1) is 13.2 Å². The van der Waals surface area contributed by atoms with Crippen LogP contribution in [0.2, 0.25) is 0 Å². The maximum Gasteiger partial charge on any atom is 0.193 e. The van der Waals surface area contributed by atoms with Crippen molar-refractivity contribution >= 4 is 17.7 Å². The van der Waals surface area contributed by atoms with Crippen molar-refractivity contribution in [2.45, 2.75) is 25.3 Å². The zero-order valence-electron chi connectivity index (χ0n) is 16.7. The molecule has 0 spiro atoms. The molecule has 0 aliphatic carbocycles. The second-order valence-corrected chi connectivity index (χ2v) is 7.80. The first-order valence-corrected chi connectivity index (χ1v) is 10.8. The summed E-state index contributed by atoms with van der Waals surface area (Å²) in [4.78, 5) is 10.9. The van der Waals surface area contributed by atoms with Crippen LogP contribution in [0.3, 0.4) is 0 Å². The van der Waals surface area contributed by atoms with Crippen LogP contribution in [0.1, 0.15) is 19.4 Å². The number of hydrogen-bond acceptors (Lipinski definition) is 4. The first-order chi connectivity index (χ1) is 12.6. The van der Waals surface area contributed by atoms with Gasteiger partial charge in [-0.25, -0.2) is 0 Å². The molecule has 1 aromatic carbocycles. The number of benzene rings is 1. The molecule has 146 valence electrons. The third-order valence-electron chi connectivity index (χ3n) is 4.50. The molecule has 1 atom stereocenters. The molecule has 6 heteroatoms. The number of aliphatic imine (C=N–C) groups is 1. The van der Waals surface area contributed by atoms with E-state index in [1.54, 1.807) is 11.8 Å². The molecule has 1 N–H and O–H groups in total. The van der Waals surface area contributed by atoms with Gasteiger partial charge in [-0.2, -0.15) is 0 Å². The summed E-state index contributed by atoms with van der Waals surface area (Å²) in [5.74, 6) is 1.52. The van der Waals surface area contributed by atoms with E-state index in [1.807, 2.05) is 0 Å². The molecular formula is C20H34N4OS. The van der Waals surface area contributed by atoms with Crippen LogP contribution in [0, 0.1) is 5.92 Å². The Morgan fingerprint density at radius 1 is 1.31 bits per heavy atom. The second kappa shape index (κ2) is 11.5. The van der Waals surface area contributed by atoms with Crippen molar-refractivity contribution in [3.8, 4) is 0 Å². The maximum atomic E-state index is 5.43. The second-order valence-electron chi connectivity index (χ2n) is 6.92. The van der Waals surface area contributed by atoms with Gasteiger partial charge in [-0.1, -0.05) is 19.1 Å². The van der Waals surface area contributed by atoms with E-state index in [1.165, 1.54) is 10.5 Å². The fourth-order valence-corrected chi connectivity index (χ4v) is 3.48. The number of rotatable bonds is 8. The molecule has 1 unspecified atom stereocenters. The Labute approximate surface area is 163 Å². The van der Waals surface area contributed by atoms with Crippen molar-refractivity contribution in [2.75, 3.05) is 59.2 Å². The largest absolute Gasteiger partial charge is 0.379 e. The van der Waals surface area contributed by atoms with Gasteiger partial charge >= 0.3 is 0 Å². The van der Waals surface area contributed by atoms with Crippen molar-refractivity contribution in [3.63, 3.8) is 0 Å². The molecule has 0 bridgehead atoms. The van der Waals surface area contributed by atoms with E-state index in [-0.39, 0.29) is 0 Å². The number of guanidine groups is 1. The average molecular weight is 379 g/mol. The van der Waals surface area contributed by atoms with E-state index in [0.29, 0.717) is 5.92 Å². The van der Waals surface area contributed by atoms with Gasteiger partial charge in [-0.05, 0) is 36.8 Å². The molecule has 5 nitrogen and oxygen atoms in total. The van der Waals surface area contributed by atoms with Gasteiger partial charge in [0.25, 0.3) is 0 Å². The molecule has 0 aromatic heterocycles. The standard InChI is InChI=1S/C20H34N4OS/c1-5-21-20(22-14-17(2)15-24-10-12-25-13-11-24)23(3)16-18-6-8-19(26-4)9-7-18/h6-9,17H,5,10-16H2,1-4H3,(H,21,22). The maximum absolute atomic E-state index is 5.43. The number of nitrogens with one attached hydrogen (secondary N) is 1. The lowest BCUT2D eigenvalue weighted by Gasteiger charge is -2.29. The minimum Gasteiger partial charge on any atom is -0.379 e. The molecule has 2 rings (SSSR count). The van der Waals surface area contributed by atoms with E-state index in [0.717, 1.165) is 58.4 Å². The number of nitrogens with zero attached hydrogens (tertiary/aromatic N) is 3. The SMILES string of the molecule is CCNC(=NCC(C)CN1CCOCC1)N(C)Cc1ccc(SC)cc1. The first kappa shape index (κ1) is 21.1. The van der Waals surface area contributed by atoms with Crippen molar-refractivity contribution in [2.24, 2.45) is 10.9 Å². The average Bonchev–Trinajstić information content (AvgIpc) is 2.66. The molecule has 1 aromatic rings. The quantitative estimate of drug-likeness (QED) is 0.428. The van der Waals surface area contributed by atoms with Gasteiger partial charge in [-0.15, -0.1) is 11.8 Å². The van der Waals surface area contributed by atoms with Crippen LogP contribution in [-0.2, 0) is 11.3 Å². The highest BCUT2D eigenvalue weighted by molar-refractivity contribution is 7.98. The van der Waals surface area contributed by atoms with Gasteiger partial charge < -0.3 is 15.0 Å². The monoisotopic (exact) mass is 378 g/mol. The topological polar surface area (TPSA) is 40.1 Å². The fourth-order valence-electron chi connectivity index (χ4n) is 3.07. The number of thioether (sulfide) groups is 1. The molecule has 0 amide bonds. The van der Waals surface area contributed by atoms with Crippen molar-refractivity contribution in [1.29, 1.82) is 0 Å². The third kappa shape index (κ3) is 7.17. The van der Waals surface area contributed by atoms with Gasteiger partial charge in [0.15, 0.2) is 5.96 Å². The molecule has 26 heavy (non-hydrogen) atoms. The highest BCUT2D eigenvalue weighted by atomic mass is 32.2. The van der Waals surface area contributed by atoms with Crippen LogP contribution in [0.5, 0.6) is 0 Å². The van der Waals surface area contributed by atoms with Crippen LogP contribution in [0.15, 0.2) is 34.2 Å². The predicted molar refractivity (Wildman–Crippen MR) is 112 cm³/mol. The van der Waals surface area contributed by atoms with Crippen LogP contribution < -0.4 is 5.32 Å². The smallest absolute Gasteiger partial charge is 0.193 e. The Bertz CT molecular complexity index is 543. The van der Waals surface area contributed by atoms with Crippen LogP contribution in [-0.4, -0.2) is 75.0 Å². The number of hydrogen-bond donors (Lipinski definition) is 1. The molecule has 1 aliphatic rings. The van der Waals surface area contributed by atoms with Gasteiger partial charge in [0.1, 0.15) is 0 Å². The summed E-state index contributed by atoms with van der Waals surface area (Å²) < 4.78 is 5.43. The van der Waals surface area contributed by atoms with Gasteiger partial charge in [0.2, 0.25) is 0 Å². The summed E-state index contributed by atoms with van der Waals surface area (Å²) in [5.41, 5.74) is 1.30. The van der Waals surface area contributed by atoms with Gasteiger partial charge in [-0.3, -0.25) is 9.89 Å². The molecule has 1 saturated heterocycles. The summed E-state index contributed by atoms with van der Waals surface area (Å²) in [6, 6.07) is 8.77. The molecule has 1 aliphatic heterocycles. The molecule has 0 radical (unpaired) electrons. The lowest BCUT2D eigenvalue weighted by Crippen LogP contribution is -2.40. The van der Waals surface area contributed by atoms with Crippen molar-refractivity contribution in [1.82, 2.24) is 15.1 Å². The van der Waals surface area contributed by atoms with Crippen LogP contribution in [0.4, 0.5) is 0 Å². The minimum absolute atomic E-state index is 0.538. The number of ether oxygens (including phenoxy) is 1. The van der Waals surface area contributed by atoms with E-state index in [2.05, 4.69) is 66.5 Å². The van der Waals surface area contributed by atoms with Gasteiger partial charge in [0, 0.05) is 51.2 Å². The highest BCUT2D eigenvalue weighted by Crippen LogP contribution is 2.15. The fraction of sp³-hybridized carbons (Fsp3) is 0.650. The summed E-state index contributed by atoms with van der Waals surface area (Å²) >= 11 is 1.77. The third-order valence-corrected chi connectivity index (χ3v) is 5.25. The van der Waals surface area contributed by atoms with E-state index >= 15 is 0 Å². The molecular weight excluding hydrogens is 344 g/mol. The summed E-state index contributed by atoms with van der Waals surface area (Å²) in [5, 5.41) is 3.42. The lowest BCUT2D eigenvalue weighted by molar-refractivity contribution is 0.0323.